The molecule has 0 radical (unpaired) electrons. The molecule has 0 unspecified atom stereocenters. The molecule has 1 atom stereocenters. The Bertz CT molecular complexity index is 979. The molecule has 1 aliphatic rings. The molecule has 1 fully saturated rings. The van der Waals surface area contributed by atoms with Crippen molar-refractivity contribution in [2.24, 2.45) is 0 Å². The van der Waals surface area contributed by atoms with Crippen molar-refractivity contribution >= 4 is 11.6 Å². The van der Waals surface area contributed by atoms with Crippen molar-refractivity contribution in [2.75, 3.05) is 13.1 Å². The molecule has 1 N–H and O–H groups in total. The molecule has 0 aromatic carbocycles. The number of H-pyrrole nitrogens is 1. The first-order valence-electron chi connectivity index (χ1n) is 8.56. The number of amides is 1. The van der Waals surface area contributed by atoms with Crippen LogP contribution in [0, 0.1) is 6.92 Å². The zero-order valence-corrected chi connectivity index (χ0v) is 14.5. The highest BCUT2D eigenvalue weighted by Crippen LogP contribution is 2.30. The first kappa shape index (κ1) is 17.5. The second-order valence-electron chi connectivity index (χ2n) is 6.68. The normalized spacial score (nSPS) is 18.2. The molecule has 0 aliphatic carbocycles. The summed E-state index contributed by atoms with van der Waals surface area (Å²) in [4.78, 5) is 18.5. The first-order valence-corrected chi connectivity index (χ1v) is 8.56. The Morgan fingerprint density at radius 1 is 1.33 bits per heavy atom. The number of hydrogen-bond donors (Lipinski definition) is 1. The fourth-order valence-electron chi connectivity index (χ4n) is 3.48. The number of nitrogens with zero attached hydrogens (tertiary/aromatic N) is 5. The van der Waals surface area contributed by atoms with Crippen molar-refractivity contribution < 1.29 is 18.0 Å². The van der Waals surface area contributed by atoms with Gasteiger partial charge in [0.1, 0.15) is 5.69 Å². The molecular weight excluding hydrogens is 361 g/mol. The van der Waals surface area contributed by atoms with Crippen LogP contribution in [0.4, 0.5) is 13.2 Å². The highest BCUT2D eigenvalue weighted by Gasteiger charge is 2.35. The molecule has 0 spiro atoms. The van der Waals surface area contributed by atoms with Crippen LogP contribution >= 0.6 is 0 Å². The highest BCUT2D eigenvalue weighted by molar-refractivity contribution is 5.93. The summed E-state index contributed by atoms with van der Waals surface area (Å²) in [5.74, 6) is -0.274. The van der Waals surface area contributed by atoms with E-state index >= 15 is 0 Å². The van der Waals surface area contributed by atoms with E-state index in [1.165, 1.54) is 13.0 Å². The monoisotopic (exact) mass is 378 g/mol. The van der Waals surface area contributed by atoms with E-state index in [9.17, 15) is 18.0 Å². The Morgan fingerprint density at radius 3 is 2.85 bits per heavy atom. The van der Waals surface area contributed by atoms with Crippen molar-refractivity contribution in [2.45, 2.75) is 31.9 Å². The number of rotatable bonds is 2. The number of likely N-dealkylation sites (tertiary alicyclic amines) is 1. The summed E-state index contributed by atoms with van der Waals surface area (Å²) in [5.41, 5.74) is 0.180. The van der Waals surface area contributed by atoms with E-state index in [2.05, 4.69) is 20.3 Å². The van der Waals surface area contributed by atoms with E-state index in [1.807, 2.05) is 6.07 Å². The summed E-state index contributed by atoms with van der Waals surface area (Å²) in [6.45, 7) is 2.48. The van der Waals surface area contributed by atoms with E-state index in [0.717, 1.165) is 24.6 Å². The number of aromatic nitrogens is 5. The fraction of sp³-hybridized carbons (Fsp3) is 0.412. The SMILES string of the molecule is Cc1cc(C(F)(F)F)n2nc(C(=O)N3CCC[C@@H](c4ccn[nH]4)C3)cc2n1. The van der Waals surface area contributed by atoms with Crippen LogP contribution in [0.1, 0.15) is 46.3 Å². The van der Waals surface area contributed by atoms with Crippen molar-refractivity contribution in [3.63, 3.8) is 0 Å². The molecule has 1 amide bonds. The molecule has 3 aromatic heterocycles. The van der Waals surface area contributed by atoms with Crippen LogP contribution in [-0.4, -0.2) is 48.7 Å². The van der Waals surface area contributed by atoms with Gasteiger partial charge in [0.05, 0.1) is 0 Å². The lowest BCUT2D eigenvalue weighted by Crippen LogP contribution is -2.39. The largest absolute Gasteiger partial charge is 0.433 e. The minimum Gasteiger partial charge on any atom is -0.337 e. The number of carbonyl (C=O) groups is 1. The third kappa shape index (κ3) is 3.26. The van der Waals surface area contributed by atoms with E-state index in [0.29, 0.717) is 17.6 Å². The Labute approximate surface area is 152 Å². The maximum Gasteiger partial charge on any atom is 0.433 e. The smallest absolute Gasteiger partial charge is 0.337 e. The number of aromatic amines is 1. The van der Waals surface area contributed by atoms with Gasteiger partial charge < -0.3 is 4.90 Å². The van der Waals surface area contributed by atoms with Crippen LogP contribution in [-0.2, 0) is 6.18 Å². The van der Waals surface area contributed by atoms with Crippen LogP contribution < -0.4 is 0 Å². The first-order chi connectivity index (χ1) is 12.8. The van der Waals surface area contributed by atoms with Gasteiger partial charge in [0.2, 0.25) is 0 Å². The third-order valence-electron chi connectivity index (χ3n) is 4.74. The molecule has 4 heterocycles. The van der Waals surface area contributed by atoms with Gasteiger partial charge in [0.25, 0.3) is 5.91 Å². The summed E-state index contributed by atoms with van der Waals surface area (Å²) in [7, 11) is 0. The van der Waals surface area contributed by atoms with Crippen LogP contribution in [0.25, 0.3) is 5.65 Å². The average Bonchev–Trinajstić information content (AvgIpc) is 3.29. The Hall–Kier alpha value is -2.91. The molecule has 10 heteroatoms. The standard InChI is InChI=1S/C17H17F3N6O/c1-10-7-14(17(18,19)20)26-15(22-10)8-13(24-26)16(27)25-6-2-3-11(9-25)12-4-5-21-23-12/h4-5,7-8,11H,2-3,6,9H2,1H3,(H,21,23)/t11-/m1/s1. The molecule has 0 bridgehead atoms. The maximum atomic E-state index is 13.3. The number of fused-ring (bicyclic) bond motifs is 1. The second-order valence-corrected chi connectivity index (χ2v) is 6.68. The molecule has 4 rings (SSSR count). The third-order valence-corrected chi connectivity index (χ3v) is 4.74. The highest BCUT2D eigenvalue weighted by atomic mass is 19.4. The number of halogens is 3. The van der Waals surface area contributed by atoms with Crippen molar-refractivity contribution in [1.29, 1.82) is 0 Å². The lowest BCUT2D eigenvalue weighted by Gasteiger charge is -2.31. The van der Waals surface area contributed by atoms with Crippen molar-refractivity contribution in [3.05, 3.63) is 47.2 Å². The minimum atomic E-state index is -4.59. The molecule has 7 nitrogen and oxygen atoms in total. The van der Waals surface area contributed by atoms with E-state index in [1.54, 1.807) is 11.1 Å². The van der Waals surface area contributed by atoms with Crippen LogP contribution in [0.15, 0.2) is 24.4 Å². The molecule has 142 valence electrons. The molecule has 1 aliphatic heterocycles. The summed E-state index contributed by atoms with van der Waals surface area (Å²) in [6.07, 6.45) is -1.22. The predicted molar refractivity (Wildman–Crippen MR) is 89.2 cm³/mol. The van der Waals surface area contributed by atoms with Crippen LogP contribution in [0.2, 0.25) is 0 Å². The van der Waals surface area contributed by atoms with E-state index < -0.39 is 17.8 Å². The fourth-order valence-corrected chi connectivity index (χ4v) is 3.48. The Morgan fingerprint density at radius 2 is 2.15 bits per heavy atom. The molecule has 3 aromatic rings. The molecule has 27 heavy (non-hydrogen) atoms. The van der Waals surface area contributed by atoms with Gasteiger partial charge in [-0.3, -0.25) is 9.89 Å². The van der Waals surface area contributed by atoms with Gasteiger partial charge in [-0.15, -0.1) is 0 Å². The summed E-state index contributed by atoms with van der Waals surface area (Å²) < 4.78 is 40.5. The maximum absolute atomic E-state index is 13.3. The number of hydrogen-bond acceptors (Lipinski definition) is 4. The van der Waals surface area contributed by atoms with Crippen molar-refractivity contribution in [1.82, 2.24) is 29.7 Å². The Kier molecular flexibility index (Phi) is 4.12. The molecular formula is C17H17F3N6O. The lowest BCUT2D eigenvalue weighted by atomic mass is 9.95. The van der Waals surface area contributed by atoms with Crippen LogP contribution in [0.5, 0.6) is 0 Å². The van der Waals surface area contributed by atoms with Gasteiger partial charge in [0, 0.05) is 42.7 Å². The number of piperidine rings is 1. The number of carbonyl (C=O) groups excluding carboxylic acids is 1. The van der Waals surface area contributed by atoms with E-state index in [4.69, 9.17) is 0 Å². The van der Waals surface area contributed by atoms with Gasteiger partial charge in [-0.1, -0.05) is 0 Å². The zero-order valence-electron chi connectivity index (χ0n) is 14.5. The number of alkyl halides is 3. The minimum absolute atomic E-state index is 0.00722. The van der Waals surface area contributed by atoms with Gasteiger partial charge in [-0.25, -0.2) is 9.50 Å². The quantitative estimate of drug-likeness (QED) is 0.744. The molecule has 1 saturated heterocycles. The van der Waals surface area contributed by atoms with Gasteiger partial charge in [-0.2, -0.15) is 23.4 Å². The average molecular weight is 378 g/mol. The van der Waals surface area contributed by atoms with Gasteiger partial charge in [0.15, 0.2) is 11.3 Å². The zero-order chi connectivity index (χ0) is 19.2. The number of nitrogens with one attached hydrogen (secondary N) is 1. The Balaban J connectivity index is 1.65. The predicted octanol–water partition coefficient (Wildman–Crippen LogP) is 2.80. The number of aryl methyl sites for hydroxylation is 1. The van der Waals surface area contributed by atoms with Gasteiger partial charge >= 0.3 is 6.18 Å². The topological polar surface area (TPSA) is 79.2 Å². The summed E-state index contributed by atoms with van der Waals surface area (Å²) >= 11 is 0. The molecule has 0 saturated carbocycles. The van der Waals surface area contributed by atoms with Crippen LogP contribution in [0.3, 0.4) is 0 Å². The van der Waals surface area contributed by atoms with E-state index in [-0.39, 0.29) is 23.0 Å². The summed E-state index contributed by atoms with van der Waals surface area (Å²) in [6, 6.07) is 4.10. The second kappa shape index (κ2) is 6.36. The van der Waals surface area contributed by atoms with Crippen molar-refractivity contribution in [3.8, 4) is 0 Å². The summed E-state index contributed by atoms with van der Waals surface area (Å²) in [5, 5.41) is 10.8. The lowest BCUT2D eigenvalue weighted by molar-refractivity contribution is -0.142. The van der Waals surface area contributed by atoms with Gasteiger partial charge in [-0.05, 0) is 31.9 Å².